The highest BCUT2D eigenvalue weighted by molar-refractivity contribution is 7.90. The van der Waals surface area contributed by atoms with E-state index in [-0.39, 0.29) is 16.1 Å². The number of rotatable bonds is 3. The highest BCUT2D eigenvalue weighted by Gasteiger charge is 2.16. The van der Waals surface area contributed by atoms with Crippen LogP contribution in [0.25, 0.3) is 5.69 Å². The van der Waals surface area contributed by atoms with Crippen molar-refractivity contribution in [3.05, 3.63) is 35.9 Å². The van der Waals surface area contributed by atoms with Crippen molar-refractivity contribution in [3.8, 4) is 5.69 Å². The molecule has 0 aliphatic carbocycles. The van der Waals surface area contributed by atoms with Gasteiger partial charge in [0, 0.05) is 24.3 Å². The Bertz CT molecular complexity index is 749. The quantitative estimate of drug-likeness (QED) is 0.887. The zero-order chi connectivity index (χ0) is 14.2. The predicted octanol–water partition coefficient (Wildman–Crippen LogP) is 0.677. The van der Waals surface area contributed by atoms with Crippen LogP contribution in [0.2, 0.25) is 0 Å². The Labute approximate surface area is 109 Å². The van der Waals surface area contributed by atoms with Crippen LogP contribution < -0.4 is 0 Å². The Hall–Kier alpha value is -2.22. The van der Waals surface area contributed by atoms with Crippen molar-refractivity contribution in [3.63, 3.8) is 0 Å². The van der Waals surface area contributed by atoms with Crippen LogP contribution in [-0.2, 0) is 9.84 Å². The summed E-state index contributed by atoms with van der Waals surface area (Å²) in [6.07, 6.45) is 4.73. The zero-order valence-corrected chi connectivity index (χ0v) is 11.0. The number of aryl methyl sites for hydroxylation is 1. The van der Waals surface area contributed by atoms with E-state index >= 15 is 0 Å². The maximum Gasteiger partial charge on any atom is 0.339 e. The monoisotopic (exact) mass is 281 g/mol. The van der Waals surface area contributed by atoms with E-state index in [9.17, 15) is 13.2 Å². The maximum absolute atomic E-state index is 11.4. The number of nitrogens with zero attached hydrogens (tertiary/aromatic N) is 3. The molecule has 0 aliphatic rings. The third-order valence-corrected chi connectivity index (χ3v) is 3.55. The molecule has 0 radical (unpaired) electrons. The average molecular weight is 281 g/mol. The van der Waals surface area contributed by atoms with Gasteiger partial charge in [-0.05, 0) is 13.0 Å². The van der Waals surface area contributed by atoms with Gasteiger partial charge in [-0.15, -0.1) is 0 Å². The van der Waals surface area contributed by atoms with Crippen molar-refractivity contribution in [1.29, 1.82) is 0 Å². The molecule has 0 bridgehead atoms. The summed E-state index contributed by atoms with van der Waals surface area (Å²) in [5.74, 6) is -1.15. The molecule has 100 valence electrons. The smallest absolute Gasteiger partial charge is 0.339 e. The molecule has 2 aromatic heterocycles. The summed E-state index contributed by atoms with van der Waals surface area (Å²) in [7, 11) is -3.38. The van der Waals surface area contributed by atoms with Crippen molar-refractivity contribution in [2.24, 2.45) is 0 Å². The first kappa shape index (κ1) is 13.2. The van der Waals surface area contributed by atoms with Gasteiger partial charge in [-0.25, -0.2) is 17.9 Å². The fraction of sp³-hybridized carbons (Fsp3) is 0.182. The molecule has 0 aromatic carbocycles. The van der Waals surface area contributed by atoms with Crippen LogP contribution in [-0.4, -0.2) is 40.5 Å². The van der Waals surface area contributed by atoms with Crippen molar-refractivity contribution < 1.29 is 18.3 Å². The molecule has 0 aliphatic heterocycles. The van der Waals surface area contributed by atoms with Gasteiger partial charge in [0.25, 0.3) is 0 Å². The molecule has 0 fully saturated rings. The molecule has 2 heterocycles. The van der Waals surface area contributed by atoms with E-state index in [1.807, 2.05) is 0 Å². The van der Waals surface area contributed by atoms with Crippen LogP contribution in [0.3, 0.4) is 0 Å². The summed E-state index contributed by atoms with van der Waals surface area (Å²) in [6.45, 7) is 1.70. The van der Waals surface area contributed by atoms with Gasteiger partial charge in [-0.3, -0.25) is 4.98 Å². The van der Waals surface area contributed by atoms with Gasteiger partial charge < -0.3 is 5.11 Å². The average Bonchev–Trinajstić information content (AvgIpc) is 2.77. The van der Waals surface area contributed by atoms with Crippen LogP contribution in [0.15, 0.2) is 29.6 Å². The molecule has 2 aromatic rings. The van der Waals surface area contributed by atoms with Gasteiger partial charge in [-0.2, -0.15) is 5.10 Å². The minimum absolute atomic E-state index is 0.0262. The van der Waals surface area contributed by atoms with Crippen molar-refractivity contribution in [2.75, 3.05) is 6.26 Å². The standard InChI is InChI=1S/C11H11N3O4S/c1-7-3-10(9(5-12-7)11(15)16)14-6-8(4-13-14)19(2,17)18/h3-6H,1-2H3,(H,15,16). The van der Waals surface area contributed by atoms with Gasteiger partial charge in [-0.1, -0.05) is 0 Å². The molecule has 0 saturated heterocycles. The lowest BCUT2D eigenvalue weighted by molar-refractivity contribution is 0.0696. The number of hydrogen-bond donors (Lipinski definition) is 1. The van der Waals surface area contributed by atoms with Crippen LogP contribution in [0.5, 0.6) is 0 Å². The van der Waals surface area contributed by atoms with E-state index in [0.717, 1.165) is 6.26 Å². The third-order valence-electron chi connectivity index (χ3n) is 2.48. The fourth-order valence-corrected chi connectivity index (χ4v) is 2.06. The second kappa shape index (κ2) is 4.47. The molecular formula is C11H11N3O4S. The lowest BCUT2D eigenvalue weighted by Gasteiger charge is -2.06. The van der Waals surface area contributed by atoms with Gasteiger partial charge >= 0.3 is 5.97 Å². The molecule has 0 saturated carbocycles. The summed E-state index contributed by atoms with van der Waals surface area (Å²) in [6, 6.07) is 1.53. The second-order valence-corrected chi connectivity index (χ2v) is 6.06. The maximum atomic E-state index is 11.4. The SMILES string of the molecule is Cc1cc(-n2cc(S(C)(=O)=O)cn2)c(C(=O)O)cn1. The number of hydrogen-bond acceptors (Lipinski definition) is 5. The summed E-state index contributed by atoms with van der Waals surface area (Å²) in [4.78, 5) is 15.0. The van der Waals surface area contributed by atoms with Gasteiger partial charge in [0.1, 0.15) is 10.5 Å². The number of pyridine rings is 1. The lowest BCUT2D eigenvalue weighted by Crippen LogP contribution is -2.07. The molecular weight excluding hydrogens is 270 g/mol. The summed E-state index contributed by atoms with van der Waals surface area (Å²) >= 11 is 0. The molecule has 0 amide bonds. The molecule has 0 unspecified atom stereocenters. The molecule has 19 heavy (non-hydrogen) atoms. The van der Waals surface area contributed by atoms with E-state index in [2.05, 4.69) is 10.1 Å². The highest BCUT2D eigenvalue weighted by atomic mass is 32.2. The van der Waals surface area contributed by atoms with Crippen LogP contribution in [0, 0.1) is 6.92 Å². The molecule has 2 rings (SSSR count). The first-order valence-corrected chi connectivity index (χ1v) is 7.13. The van der Waals surface area contributed by atoms with E-state index in [4.69, 9.17) is 5.11 Å². The van der Waals surface area contributed by atoms with E-state index in [1.54, 1.807) is 6.92 Å². The van der Waals surface area contributed by atoms with E-state index in [0.29, 0.717) is 5.69 Å². The van der Waals surface area contributed by atoms with Crippen LogP contribution >= 0.6 is 0 Å². The summed E-state index contributed by atoms with van der Waals surface area (Å²) < 4.78 is 24.0. The van der Waals surface area contributed by atoms with E-state index in [1.165, 1.54) is 29.3 Å². The largest absolute Gasteiger partial charge is 0.478 e. The topological polar surface area (TPSA) is 102 Å². The summed E-state index contributed by atoms with van der Waals surface area (Å²) in [5, 5.41) is 13.0. The fourth-order valence-electron chi connectivity index (χ4n) is 1.53. The zero-order valence-electron chi connectivity index (χ0n) is 10.2. The number of carboxylic acid groups (broad SMARTS) is 1. The number of aromatic carboxylic acids is 1. The minimum atomic E-state index is -3.38. The number of sulfone groups is 1. The Morgan fingerprint density at radius 2 is 2.05 bits per heavy atom. The lowest BCUT2D eigenvalue weighted by atomic mass is 10.2. The van der Waals surface area contributed by atoms with Crippen molar-refractivity contribution in [2.45, 2.75) is 11.8 Å². The number of carbonyl (C=O) groups is 1. The van der Waals surface area contributed by atoms with Crippen molar-refractivity contribution >= 4 is 15.8 Å². The van der Waals surface area contributed by atoms with Crippen LogP contribution in [0.4, 0.5) is 0 Å². The van der Waals surface area contributed by atoms with E-state index < -0.39 is 15.8 Å². The van der Waals surface area contributed by atoms with Gasteiger partial charge in [0.15, 0.2) is 9.84 Å². The normalized spacial score (nSPS) is 11.5. The molecule has 0 spiro atoms. The molecule has 1 N–H and O–H groups in total. The molecule has 7 nitrogen and oxygen atoms in total. The number of aromatic nitrogens is 3. The Morgan fingerprint density at radius 1 is 1.37 bits per heavy atom. The molecule has 0 atom stereocenters. The van der Waals surface area contributed by atoms with Crippen LogP contribution in [0.1, 0.15) is 16.1 Å². The highest BCUT2D eigenvalue weighted by Crippen LogP contribution is 2.17. The first-order chi connectivity index (χ1) is 8.79. The Morgan fingerprint density at radius 3 is 2.58 bits per heavy atom. The van der Waals surface area contributed by atoms with Gasteiger partial charge in [0.05, 0.1) is 11.9 Å². The summed E-state index contributed by atoms with van der Waals surface area (Å²) in [5.41, 5.74) is 0.833. The first-order valence-electron chi connectivity index (χ1n) is 5.24. The number of carboxylic acids is 1. The molecule has 8 heteroatoms. The second-order valence-electron chi connectivity index (χ2n) is 4.04. The Balaban J connectivity index is 2.62. The predicted molar refractivity (Wildman–Crippen MR) is 66.2 cm³/mol. The van der Waals surface area contributed by atoms with Gasteiger partial charge in [0.2, 0.25) is 0 Å². The Kier molecular flexibility index (Phi) is 3.11. The minimum Gasteiger partial charge on any atom is -0.478 e. The van der Waals surface area contributed by atoms with Crippen molar-refractivity contribution in [1.82, 2.24) is 14.8 Å². The third kappa shape index (κ3) is 2.63.